The topological polar surface area (TPSA) is 3.01 Å². The van der Waals surface area contributed by atoms with E-state index < -0.39 is 0 Å². The summed E-state index contributed by atoms with van der Waals surface area (Å²) in [6.45, 7) is 8.57. The number of nitrogens with zero attached hydrogens (tertiary/aromatic N) is 1. The molecule has 0 saturated carbocycles. The van der Waals surface area contributed by atoms with E-state index in [2.05, 4.69) is 105 Å². The summed E-state index contributed by atoms with van der Waals surface area (Å²) in [5, 5.41) is 2.63. The summed E-state index contributed by atoms with van der Waals surface area (Å²) in [6, 6.07) is 21.7. The lowest BCUT2D eigenvalue weighted by atomic mass is 9.74. The van der Waals surface area contributed by atoms with Crippen molar-refractivity contribution in [1.29, 1.82) is 0 Å². The summed E-state index contributed by atoms with van der Waals surface area (Å²) in [6.07, 6.45) is 7.50. The van der Waals surface area contributed by atoms with Gasteiger partial charge < -0.3 is 0 Å². The van der Waals surface area contributed by atoms with Crippen LogP contribution in [0.5, 0.6) is 0 Å². The Bertz CT molecular complexity index is 1100. The smallest absolute Gasteiger partial charge is 0.198 e. The molecule has 1 nitrogen and oxygen atoms in total. The molecule has 0 spiro atoms. The van der Waals surface area contributed by atoms with Gasteiger partial charge in [-0.1, -0.05) is 54.6 Å². The normalized spacial score (nSPS) is 19.1. The molecule has 1 atom stereocenters. The van der Waals surface area contributed by atoms with E-state index in [0.717, 1.165) is 6.42 Å². The summed E-state index contributed by atoms with van der Waals surface area (Å²) in [4.78, 5) is 0. The monoisotopic (exact) mass is 352 g/mol. The molecule has 0 aliphatic carbocycles. The van der Waals surface area contributed by atoms with E-state index in [4.69, 9.17) is 0 Å². The van der Waals surface area contributed by atoms with Gasteiger partial charge in [-0.05, 0) is 54.3 Å². The second kappa shape index (κ2) is 6.66. The van der Waals surface area contributed by atoms with E-state index in [1.54, 1.807) is 0 Å². The Morgan fingerprint density at radius 2 is 1.70 bits per heavy atom. The van der Waals surface area contributed by atoms with Gasteiger partial charge in [-0.3, -0.25) is 0 Å². The van der Waals surface area contributed by atoms with Crippen LogP contribution in [-0.2, 0) is 5.41 Å². The first-order valence-corrected chi connectivity index (χ1v) is 9.54. The van der Waals surface area contributed by atoms with Gasteiger partial charge in [0, 0.05) is 17.7 Å². The molecule has 0 bridgehead atoms. The summed E-state index contributed by atoms with van der Waals surface area (Å²) >= 11 is 0. The number of benzene rings is 3. The van der Waals surface area contributed by atoms with Gasteiger partial charge in [0.15, 0.2) is 5.71 Å². The van der Waals surface area contributed by atoms with E-state index in [9.17, 15) is 0 Å². The molecule has 1 aliphatic rings. The van der Waals surface area contributed by atoms with Crippen LogP contribution in [-0.4, -0.2) is 17.3 Å². The van der Waals surface area contributed by atoms with Gasteiger partial charge >= 0.3 is 0 Å². The average Bonchev–Trinajstić information content (AvgIpc) is 2.89. The van der Waals surface area contributed by atoms with Gasteiger partial charge in [0.25, 0.3) is 0 Å². The van der Waals surface area contributed by atoms with Gasteiger partial charge in [0.05, 0.1) is 5.41 Å². The molecule has 1 heterocycles. The number of aryl methyl sites for hydroxylation is 1. The molecule has 0 amide bonds. The Hall–Kier alpha value is -2.93. The Balaban J connectivity index is 1.91. The second-order valence-corrected chi connectivity index (χ2v) is 7.64. The quantitative estimate of drug-likeness (QED) is 0.376. The van der Waals surface area contributed by atoms with Crippen LogP contribution in [0, 0.1) is 6.92 Å². The number of hydrogen-bond donors (Lipinski definition) is 0. The van der Waals surface area contributed by atoms with Gasteiger partial charge in [-0.2, -0.15) is 4.58 Å². The highest BCUT2D eigenvalue weighted by atomic mass is 15.0. The number of rotatable bonds is 4. The highest BCUT2D eigenvalue weighted by molar-refractivity contribution is 6.09. The van der Waals surface area contributed by atoms with Crippen LogP contribution in [0.3, 0.4) is 0 Å². The average molecular weight is 353 g/mol. The molecule has 0 fully saturated rings. The molecule has 0 saturated heterocycles. The summed E-state index contributed by atoms with van der Waals surface area (Å²) in [5.41, 5.74) is 6.49. The third-order valence-corrected chi connectivity index (χ3v) is 5.91. The molecule has 4 rings (SSSR count). The first-order valence-electron chi connectivity index (χ1n) is 9.54. The molecular weight excluding hydrogens is 326 g/mol. The van der Waals surface area contributed by atoms with Crippen molar-refractivity contribution in [3.63, 3.8) is 0 Å². The third-order valence-electron chi connectivity index (χ3n) is 5.91. The van der Waals surface area contributed by atoms with Crippen molar-refractivity contribution >= 4 is 28.2 Å². The van der Waals surface area contributed by atoms with Crippen molar-refractivity contribution in [1.82, 2.24) is 0 Å². The van der Waals surface area contributed by atoms with Crippen molar-refractivity contribution in [2.45, 2.75) is 25.7 Å². The Labute approximate surface area is 162 Å². The zero-order valence-corrected chi connectivity index (χ0v) is 16.4. The van der Waals surface area contributed by atoms with E-state index in [1.165, 1.54) is 38.9 Å². The largest absolute Gasteiger partial charge is 0.210 e. The van der Waals surface area contributed by atoms with Crippen molar-refractivity contribution in [2.24, 2.45) is 0 Å². The molecule has 0 radical (unpaired) electrons. The summed E-state index contributed by atoms with van der Waals surface area (Å²) < 4.78 is 2.35. The van der Waals surface area contributed by atoms with Crippen molar-refractivity contribution in [3.8, 4) is 0 Å². The zero-order valence-electron chi connectivity index (χ0n) is 16.4. The van der Waals surface area contributed by atoms with Crippen molar-refractivity contribution in [2.75, 3.05) is 7.05 Å². The molecule has 1 aliphatic heterocycles. The lowest BCUT2D eigenvalue weighted by molar-refractivity contribution is -0.401. The van der Waals surface area contributed by atoms with Gasteiger partial charge in [0.2, 0.25) is 5.69 Å². The Kier molecular flexibility index (Phi) is 4.31. The minimum absolute atomic E-state index is 0.0914. The SMILES string of the molecule is C=CCC1(C)C(/C=C/c2ccccc2C)=[N+](C)c2ccc3ccccc3c21. The summed E-state index contributed by atoms with van der Waals surface area (Å²) in [7, 11) is 2.18. The highest BCUT2D eigenvalue weighted by Crippen LogP contribution is 2.46. The molecule has 27 heavy (non-hydrogen) atoms. The number of fused-ring (bicyclic) bond motifs is 3. The fourth-order valence-electron chi connectivity index (χ4n) is 4.48. The number of hydrogen-bond acceptors (Lipinski definition) is 0. The highest BCUT2D eigenvalue weighted by Gasteiger charge is 2.46. The zero-order chi connectivity index (χ0) is 19.0. The van der Waals surface area contributed by atoms with E-state index >= 15 is 0 Å². The summed E-state index contributed by atoms with van der Waals surface area (Å²) in [5.74, 6) is 0. The number of allylic oxidation sites excluding steroid dienone is 2. The fraction of sp³-hybridized carbons (Fsp3) is 0.192. The predicted molar refractivity (Wildman–Crippen MR) is 117 cm³/mol. The molecule has 134 valence electrons. The van der Waals surface area contributed by atoms with Gasteiger partial charge in [-0.25, -0.2) is 0 Å². The van der Waals surface area contributed by atoms with Crippen LogP contribution in [0.1, 0.15) is 30.0 Å². The first-order chi connectivity index (χ1) is 13.1. The van der Waals surface area contributed by atoms with Crippen molar-refractivity contribution in [3.05, 3.63) is 96.1 Å². The van der Waals surface area contributed by atoms with Crippen LogP contribution in [0.15, 0.2) is 79.4 Å². The molecule has 1 unspecified atom stereocenters. The maximum Gasteiger partial charge on any atom is 0.210 e. The fourth-order valence-corrected chi connectivity index (χ4v) is 4.48. The van der Waals surface area contributed by atoms with Crippen LogP contribution in [0.25, 0.3) is 16.8 Å². The van der Waals surface area contributed by atoms with E-state index in [0.29, 0.717) is 0 Å². The molecule has 3 aromatic rings. The second-order valence-electron chi connectivity index (χ2n) is 7.64. The lowest BCUT2D eigenvalue weighted by Gasteiger charge is -2.22. The molecule has 3 aromatic carbocycles. The van der Waals surface area contributed by atoms with Crippen LogP contribution >= 0.6 is 0 Å². The maximum atomic E-state index is 4.06. The third kappa shape index (κ3) is 2.75. The maximum absolute atomic E-state index is 4.06. The molecule has 0 N–H and O–H groups in total. The van der Waals surface area contributed by atoms with Gasteiger partial charge in [-0.15, -0.1) is 6.58 Å². The molecule has 1 heteroatoms. The first kappa shape index (κ1) is 17.5. The minimum Gasteiger partial charge on any atom is -0.198 e. The van der Waals surface area contributed by atoms with Crippen LogP contribution in [0.4, 0.5) is 5.69 Å². The Morgan fingerprint density at radius 3 is 2.48 bits per heavy atom. The van der Waals surface area contributed by atoms with E-state index in [1.807, 2.05) is 6.08 Å². The lowest BCUT2D eigenvalue weighted by Crippen LogP contribution is -2.30. The van der Waals surface area contributed by atoms with Crippen LogP contribution in [0.2, 0.25) is 0 Å². The molecule has 0 aromatic heterocycles. The van der Waals surface area contributed by atoms with Gasteiger partial charge in [0.1, 0.15) is 7.05 Å². The minimum atomic E-state index is -0.0914. The van der Waals surface area contributed by atoms with Crippen molar-refractivity contribution < 1.29 is 4.58 Å². The van der Waals surface area contributed by atoms with Crippen LogP contribution < -0.4 is 0 Å². The predicted octanol–water partition coefficient (Wildman–Crippen LogP) is 6.42. The molecular formula is C26H26N+. The standard InChI is InChI=1S/C26H26N/c1-5-18-26(3)24(17-15-20-11-7-6-10-19(20)2)27(4)23-16-14-21-12-8-9-13-22(21)25(23)26/h5-17H,1,18H2,2-4H3/q+1/b17-15+. The van der Waals surface area contributed by atoms with E-state index in [-0.39, 0.29) is 5.41 Å². The Morgan fingerprint density at radius 1 is 0.963 bits per heavy atom.